The van der Waals surface area contributed by atoms with Crippen LogP contribution in [0.25, 0.3) is 0 Å². The first-order valence-electron chi connectivity index (χ1n) is 7.00. The van der Waals surface area contributed by atoms with E-state index in [0.29, 0.717) is 0 Å². The van der Waals surface area contributed by atoms with Gasteiger partial charge in [0, 0.05) is 20.0 Å². The fourth-order valence-corrected chi connectivity index (χ4v) is 3.28. The number of aliphatic hydroxyl groups is 1. The highest BCUT2D eigenvalue weighted by atomic mass is 32.2. The normalized spacial score (nSPS) is 10.8. The third-order valence-electron chi connectivity index (χ3n) is 3.13. The van der Waals surface area contributed by atoms with Crippen LogP contribution in [0.5, 0.6) is 0 Å². The largest absolute Gasteiger partial charge is 0.744 e. The second-order valence-electron chi connectivity index (χ2n) is 4.91. The summed E-state index contributed by atoms with van der Waals surface area (Å²) in [6, 6.07) is 5.78. The van der Waals surface area contributed by atoms with E-state index < -0.39 is 10.1 Å². The molecule has 1 aromatic heterocycles. The molecule has 0 saturated carbocycles. The van der Waals surface area contributed by atoms with Gasteiger partial charge in [0.25, 0.3) is 0 Å². The molecular weight excluding hydrogens is 334 g/mol. The van der Waals surface area contributed by atoms with Crippen molar-refractivity contribution >= 4 is 21.5 Å². The van der Waals surface area contributed by atoms with E-state index in [2.05, 4.69) is 23.6 Å². The van der Waals surface area contributed by atoms with Crippen LogP contribution in [0.2, 0.25) is 0 Å². The Kier molecular flexibility index (Phi) is 7.57. The van der Waals surface area contributed by atoms with Gasteiger partial charge >= 0.3 is 0 Å². The molecule has 0 aliphatic rings. The molecule has 2 rings (SSSR count). The topological polar surface area (TPSA) is 81.3 Å². The van der Waals surface area contributed by atoms with Gasteiger partial charge in [-0.3, -0.25) is 0 Å². The molecular formula is C16H21NO4S2. The zero-order valence-electron chi connectivity index (χ0n) is 13.2. The number of allylic oxidation sites excluding steroid dienone is 1. The van der Waals surface area contributed by atoms with Gasteiger partial charge in [-0.25, -0.2) is 8.42 Å². The fraction of sp³-hybridized carbons (Fsp3) is 0.312. The van der Waals surface area contributed by atoms with Crippen LogP contribution in [0.4, 0.5) is 0 Å². The standard InChI is InChI=1S/C9H14NOS.C7H8O3S/c1-3-5-10-7-12-9(4-6-11)8(10)2;1-6-2-4-7(5-3-6)11(8,9)10/h3,7,11H,1,4-6H2,2H3;2-5H,1H3,(H,8,9,10)/q+1;/p-1. The van der Waals surface area contributed by atoms with Crippen molar-refractivity contribution in [3.05, 3.63) is 58.6 Å². The van der Waals surface area contributed by atoms with Crippen molar-refractivity contribution in [2.24, 2.45) is 0 Å². The molecule has 126 valence electrons. The molecule has 0 radical (unpaired) electrons. The van der Waals surface area contributed by atoms with Crippen molar-refractivity contribution < 1.29 is 22.6 Å². The summed E-state index contributed by atoms with van der Waals surface area (Å²) in [4.78, 5) is 1.09. The van der Waals surface area contributed by atoms with Gasteiger partial charge in [0.2, 0.25) is 5.51 Å². The minimum Gasteiger partial charge on any atom is -0.744 e. The number of hydrogen-bond donors (Lipinski definition) is 1. The van der Waals surface area contributed by atoms with Crippen LogP contribution in [0.1, 0.15) is 16.1 Å². The average Bonchev–Trinajstić information content (AvgIpc) is 2.82. The summed E-state index contributed by atoms with van der Waals surface area (Å²) in [5.41, 5.74) is 4.24. The molecule has 0 amide bonds. The number of aromatic nitrogens is 1. The average molecular weight is 355 g/mol. The lowest BCUT2D eigenvalue weighted by Crippen LogP contribution is -2.33. The third kappa shape index (κ3) is 6.23. The Morgan fingerprint density at radius 3 is 2.39 bits per heavy atom. The van der Waals surface area contributed by atoms with Gasteiger partial charge in [0.05, 0.1) is 9.77 Å². The summed E-state index contributed by atoms with van der Waals surface area (Å²) in [7, 11) is -4.27. The van der Waals surface area contributed by atoms with E-state index in [1.807, 2.05) is 13.0 Å². The summed E-state index contributed by atoms with van der Waals surface area (Å²) in [6.45, 7) is 8.67. The van der Waals surface area contributed by atoms with Gasteiger partial charge in [0.1, 0.15) is 10.1 Å². The van der Waals surface area contributed by atoms with Crippen LogP contribution in [-0.2, 0) is 23.1 Å². The molecule has 1 heterocycles. The van der Waals surface area contributed by atoms with E-state index >= 15 is 0 Å². The Hall–Kier alpha value is -1.54. The van der Waals surface area contributed by atoms with Gasteiger partial charge in [0.15, 0.2) is 12.2 Å². The lowest BCUT2D eigenvalue weighted by molar-refractivity contribution is -0.688. The van der Waals surface area contributed by atoms with Crippen molar-refractivity contribution in [1.82, 2.24) is 0 Å². The van der Waals surface area contributed by atoms with Crippen LogP contribution in [0.15, 0.2) is 47.3 Å². The van der Waals surface area contributed by atoms with E-state index in [4.69, 9.17) is 5.11 Å². The number of thiazole rings is 1. The molecule has 0 aliphatic carbocycles. The van der Waals surface area contributed by atoms with Crippen LogP contribution in [-0.4, -0.2) is 24.7 Å². The molecule has 0 aliphatic heterocycles. The second kappa shape index (κ2) is 8.93. The molecule has 0 unspecified atom stereocenters. The minimum atomic E-state index is -4.27. The number of nitrogens with zero attached hydrogens (tertiary/aromatic N) is 1. The van der Waals surface area contributed by atoms with Crippen molar-refractivity contribution in [3.8, 4) is 0 Å². The highest BCUT2D eigenvalue weighted by molar-refractivity contribution is 7.85. The number of hydrogen-bond acceptors (Lipinski definition) is 5. The molecule has 5 nitrogen and oxygen atoms in total. The van der Waals surface area contributed by atoms with E-state index in [-0.39, 0.29) is 11.5 Å². The van der Waals surface area contributed by atoms with Gasteiger partial charge in [-0.1, -0.05) is 35.6 Å². The van der Waals surface area contributed by atoms with Gasteiger partial charge < -0.3 is 9.66 Å². The molecule has 7 heteroatoms. The van der Waals surface area contributed by atoms with E-state index in [1.165, 1.54) is 22.7 Å². The maximum Gasteiger partial charge on any atom is 0.225 e. The molecule has 1 aromatic carbocycles. The zero-order chi connectivity index (χ0) is 17.5. The fourth-order valence-electron chi connectivity index (χ4n) is 1.82. The number of rotatable bonds is 5. The van der Waals surface area contributed by atoms with E-state index in [0.717, 1.165) is 18.5 Å². The van der Waals surface area contributed by atoms with E-state index in [1.54, 1.807) is 23.5 Å². The van der Waals surface area contributed by atoms with Crippen molar-refractivity contribution in [2.75, 3.05) is 6.61 Å². The Morgan fingerprint density at radius 2 is 1.91 bits per heavy atom. The molecule has 0 fully saturated rings. The van der Waals surface area contributed by atoms with Crippen LogP contribution in [0, 0.1) is 13.8 Å². The second-order valence-corrected chi connectivity index (χ2v) is 7.23. The Bertz CT molecular complexity index is 734. The first-order valence-corrected chi connectivity index (χ1v) is 9.29. The molecule has 0 bridgehead atoms. The maximum atomic E-state index is 10.4. The highest BCUT2D eigenvalue weighted by Gasteiger charge is 2.12. The number of aliphatic hydroxyl groups excluding tert-OH is 1. The molecule has 0 atom stereocenters. The smallest absolute Gasteiger partial charge is 0.225 e. The lowest BCUT2D eigenvalue weighted by atomic mass is 10.2. The highest BCUT2D eigenvalue weighted by Crippen LogP contribution is 2.11. The van der Waals surface area contributed by atoms with Crippen molar-refractivity contribution in [1.29, 1.82) is 0 Å². The Balaban J connectivity index is 0.000000231. The Labute approximate surface area is 141 Å². The molecule has 2 aromatic rings. The SMILES string of the molecule is C=CC[n+]1csc(CCO)c1C.Cc1ccc(S(=O)(=O)[O-])cc1. The molecule has 1 N–H and O–H groups in total. The minimum absolute atomic E-state index is 0.178. The summed E-state index contributed by atoms with van der Waals surface area (Å²) in [6.07, 6.45) is 2.64. The predicted molar refractivity (Wildman–Crippen MR) is 89.4 cm³/mol. The van der Waals surface area contributed by atoms with Gasteiger partial charge in [-0.15, -0.1) is 0 Å². The summed E-state index contributed by atoms with van der Waals surface area (Å²) in [5, 5.41) is 8.76. The zero-order valence-corrected chi connectivity index (χ0v) is 14.9. The summed E-state index contributed by atoms with van der Waals surface area (Å²) < 4.78 is 33.3. The van der Waals surface area contributed by atoms with Crippen molar-refractivity contribution in [3.63, 3.8) is 0 Å². The van der Waals surface area contributed by atoms with Crippen molar-refractivity contribution in [2.45, 2.75) is 31.7 Å². The predicted octanol–water partition coefficient (Wildman–Crippen LogP) is 1.96. The first kappa shape index (κ1) is 19.5. The van der Waals surface area contributed by atoms with Crippen LogP contribution < -0.4 is 4.57 Å². The molecule has 23 heavy (non-hydrogen) atoms. The van der Waals surface area contributed by atoms with Gasteiger partial charge in [-0.2, -0.15) is 4.57 Å². The summed E-state index contributed by atoms with van der Waals surface area (Å²) in [5.74, 6) is 0. The quantitative estimate of drug-likeness (QED) is 0.505. The first-order chi connectivity index (χ1) is 10.8. The number of aryl methyl sites for hydroxylation is 1. The van der Waals surface area contributed by atoms with Crippen LogP contribution >= 0.6 is 11.3 Å². The Morgan fingerprint density at radius 1 is 1.30 bits per heavy atom. The van der Waals surface area contributed by atoms with Crippen LogP contribution in [0.3, 0.4) is 0 Å². The monoisotopic (exact) mass is 355 g/mol. The maximum absolute atomic E-state index is 10.4. The summed E-state index contributed by atoms with van der Waals surface area (Å²) >= 11 is 1.70. The third-order valence-corrected chi connectivity index (χ3v) is 5.12. The molecule has 0 saturated heterocycles. The number of benzene rings is 1. The molecule has 0 spiro atoms. The lowest BCUT2D eigenvalue weighted by Gasteiger charge is -2.05. The van der Waals surface area contributed by atoms with Gasteiger partial charge in [-0.05, 0) is 25.1 Å². The van der Waals surface area contributed by atoms with E-state index in [9.17, 15) is 13.0 Å².